The number of nitrogens with zero attached hydrogens (tertiary/aromatic N) is 3. The zero-order valence-corrected chi connectivity index (χ0v) is 12.4. The molecule has 3 rings (SSSR count). The summed E-state index contributed by atoms with van der Waals surface area (Å²) in [6, 6.07) is 1.95. The van der Waals surface area contributed by atoms with Crippen LogP contribution in [0.15, 0.2) is 22.9 Å². The number of pyridine rings is 1. The maximum atomic E-state index is 12.6. The summed E-state index contributed by atoms with van der Waals surface area (Å²) in [6.07, 6.45) is 1.05. The Morgan fingerprint density at radius 2 is 1.85 bits per heavy atom. The summed E-state index contributed by atoms with van der Waals surface area (Å²) >= 11 is 3.38. The van der Waals surface area contributed by atoms with Gasteiger partial charge < -0.3 is 4.90 Å². The van der Waals surface area contributed by atoms with Gasteiger partial charge in [-0.3, -0.25) is 9.88 Å². The van der Waals surface area contributed by atoms with Crippen LogP contribution < -0.4 is 4.90 Å². The molecule has 3 nitrogen and oxygen atoms in total. The molecule has 0 aliphatic carbocycles. The first-order chi connectivity index (χ1) is 9.42. The Bertz CT molecular complexity index is 480. The molecule has 3 heterocycles. The zero-order chi connectivity index (χ0) is 14.3. The van der Waals surface area contributed by atoms with E-state index in [-0.39, 0.29) is 12.1 Å². The second kappa shape index (κ2) is 5.18. The van der Waals surface area contributed by atoms with Gasteiger partial charge in [-0.15, -0.1) is 0 Å². The number of piperazine rings is 1. The van der Waals surface area contributed by atoms with Gasteiger partial charge in [-0.2, -0.15) is 13.2 Å². The Morgan fingerprint density at radius 1 is 1.20 bits per heavy atom. The molecule has 2 saturated heterocycles. The third kappa shape index (κ3) is 2.93. The predicted octanol–water partition coefficient (Wildman–Crippen LogP) is 3.06. The van der Waals surface area contributed by atoms with Crippen molar-refractivity contribution in [1.29, 1.82) is 0 Å². The van der Waals surface area contributed by atoms with Gasteiger partial charge in [0.1, 0.15) is 0 Å². The van der Waals surface area contributed by atoms with Crippen molar-refractivity contribution in [3.05, 3.63) is 22.9 Å². The third-order valence-corrected chi connectivity index (χ3v) is 4.48. The topological polar surface area (TPSA) is 19.4 Å². The summed E-state index contributed by atoms with van der Waals surface area (Å²) in [5.74, 6) is 0. The van der Waals surface area contributed by atoms with E-state index in [2.05, 4.69) is 25.8 Å². The van der Waals surface area contributed by atoms with Crippen LogP contribution in [0.1, 0.15) is 12.8 Å². The number of halogens is 4. The molecule has 2 fully saturated rings. The van der Waals surface area contributed by atoms with Crippen LogP contribution in [0.5, 0.6) is 0 Å². The van der Waals surface area contributed by atoms with Gasteiger partial charge in [0.2, 0.25) is 0 Å². The summed E-state index contributed by atoms with van der Waals surface area (Å²) in [5, 5.41) is 0. The van der Waals surface area contributed by atoms with E-state index in [9.17, 15) is 13.2 Å². The highest BCUT2D eigenvalue weighted by Crippen LogP contribution is 2.35. The zero-order valence-electron chi connectivity index (χ0n) is 10.8. The molecule has 0 saturated carbocycles. The van der Waals surface area contributed by atoms with E-state index < -0.39 is 12.7 Å². The van der Waals surface area contributed by atoms with Gasteiger partial charge in [0.05, 0.1) is 18.4 Å². The first-order valence-corrected chi connectivity index (χ1v) is 7.40. The van der Waals surface area contributed by atoms with E-state index >= 15 is 0 Å². The molecule has 110 valence electrons. The fourth-order valence-corrected chi connectivity index (χ4v) is 3.59. The van der Waals surface area contributed by atoms with Crippen molar-refractivity contribution in [2.24, 2.45) is 0 Å². The van der Waals surface area contributed by atoms with Crippen LogP contribution in [0.4, 0.5) is 18.9 Å². The SMILES string of the molecule is FC(F)(F)CN1C2CCC1CN(c1cncc(Br)c1)C2. The molecule has 2 aliphatic rings. The van der Waals surface area contributed by atoms with E-state index in [0.717, 1.165) is 23.0 Å². The maximum absolute atomic E-state index is 12.6. The number of hydrogen-bond donors (Lipinski definition) is 0. The fourth-order valence-electron chi connectivity index (χ4n) is 3.24. The largest absolute Gasteiger partial charge is 0.401 e. The number of rotatable bonds is 2. The average Bonchev–Trinajstić information content (AvgIpc) is 2.60. The highest BCUT2D eigenvalue weighted by molar-refractivity contribution is 9.10. The molecule has 0 N–H and O–H groups in total. The lowest BCUT2D eigenvalue weighted by molar-refractivity contribution is -0.153. The van der Waals surface area contributed by atoms with Crippen molar-refractivity contribution in [3.63, 3.8) is 0 Å². The van der Waals surface area contributed by atoms with Crippen molar-refractivity contribution < 1.29 is 13.2 Å². The Kier molecular flexibility index (Phi) is 3.66. The van der Waals surface area contributed by atoms with Gasteiger partial charge in [-0.1, -0.05) is 0 Å². The summed E-state index contributed by atoms with van der Waals surface area (Å²) < 4.78 is 38.7. The first kappa shape index (κ1) is 14.1. The first-order valence-electron chi connectivity index (χ1n) is 6.60. The molecule has 0 aromatic carbocycles. The van der Waals surface area contributed by atoms with E-state index in [1.165, 1.54) is 0 Å². The minimum atomic E-state index is -4.11. The average molecular weight is 350 g/mol. The van der Waals surface area contributed by atoms with E-state index in [0.29, 0.717) is 13.1 Å². The van der Waals surface area contributed by atoms with Crippen molar-refractivity contribution >= 4 is 21.6 Å². The molecule has 7 heteroatoms. The van der Waals surface area contributed by atoms with Crippen LogP contribution >= 0.6 is 15.9 Å². The quantitative estimate of drug-likeness (QED) is 0.817. The minimum absolute atomic E-state index is 0.00523. The Balaban J connectivity index is 1.73. The van der Waals surface area contributed by atoms with Gasteiger partial charge in [-0.05, 0) is 34.8 Å². The number of hydrogen-bond acceptors (Lipinski definition) is 3. The summed E-state index contributed by atoms with van der Waals surface area (Å²) in [7, 11) is 0. The molecule has 0 radical (unpaired) electrons. The predicted molar refractivity (Wildman–Crippen MR) is 73.7 cm³/mol. The normalized spacial score (nSPS) is 27.1. The smallest absolute Gasteiger partial charge is 0.367 e. The van der Waals surface area contributed by atoms with E-state index in [1.807, 2.05) is 6.07 Å². The maximum Gasteiger partial charge on any atom is 0.401 e. The highest BCUT2D eigenvalue weighted by Gasteiger charge is 2.44. The third-order valence-electron chi connectivity index (χ3n) is 4.05. The summed E-state index contributed by atoms with van der Waals surface area (Å²) in [6.45, 7) is 0.502. The molecule has 2 atom stereocenters. The van der Waals surface area contributed by atoms with Crippen molar-refractivity contribution in [2.75, 3.05) is 24.5 Å². The van der Waals surface area contributed by atoms with Crippen molar-refractivity contribution in [3.8, 4) is 0 Å². The van der Waals surface area contributed by atoms with Gasteiger partial charge in [-0.25, -0.2) is 0 Å². The minimum Gasteiger partial charge on any atom is -0.367 e. The molecular weight excluding hydrogens is 335 g/mol. The molecule has 20 heavy (non-hydrogen) atoms. The van der Waals surface area contributed by atoms with Crippen LogP contribution in [0.3, 0.4) is 0 Å². The van der Waals surface area contributed by atoms with Gasteiger partial charge >= 0.3 is 6.18 Å². The van der Waals surface area contributed by atoms with Gasteiger partial charge in [0, 0.05) is 35.8 Å². The monoisotopic (exact) mass is 349 g/mol. The van der Waals surface area contributed by atoms with Crippen molar-refractivity contribution in [1.82, 2.24) is 9.88 Å². The number of aromatic nitrogens is 1. The molecule has 2 bridgehead atoms. The lowest BCUT2D eigenvalue weighted by Crippen LogP contribution is -2.56. The van der Waals surface area contributed by atoms with Crippen LogP contribution in [0.25, 0.3) is 0 Å². The number of fused-ring (bicyclic) bond motifs is 2. The fraction of sp³-hybridized carbons (Fsp3) is 0.615. The molecule has 1 aromatic rings. The summed E-state index contributed by atoms with van der Waals surface area (Å²) in [5.41, 5.74) is 0.975. The van der Waals surface area contributed by atoms with E-state index in [1.54, 1.807) is 17.3 Å². The van der Waals surface area contributed by atoms with Crippen LogP contribution in [-0.4, -0.2) is 47.8 Å². The summed E-state index contributed by atoms with van der Waals surface area (Å²) in [4.78, 5) is 7.90. The Morgan fingerprint density at radius 3 is 2.40 bits per heavy atom. The van der Waals surface area contributed by atoms with Crippen LogP contribution in [-0.2, 0) is 0 Å². The molecular formula is C13H15BrF3N3. The lowest BCUT2D eigenvalue weighted by atomic mass is 10.1. The van der Waals surface area contributed by atoms with Gasteiger partial charge in [0.25, 0.3) is 0 Å². The second-order valence-corrected chi connectivity index (χ2v) is 6.35. The lowest BCUT2D eigenvalue weighted by Gasteiger charge is -2.42. The van der Waals surface area contributed by atoms with E-state index in [4.69, 9.17) is 0 Å². The molecule has 1 aromatic heterocycles. The number of alkyl halides is 3. The Hall–Kier alpha value is -0.820. The van der Waals surface area contributed by atoms with Crippen molar-refractivity contribution in [2.45, 2.75) is 31.1 Å². The Labute approximate surface area is 123 Å². The van der Waals surface area contributed by atoms with Gasteiger partial charge in [0.15, 0.2) is 0 Å². The molecule has 2 aliphatic heterocycles. The number of anilines is 1. The van der Waals surface area contributed by atoms with Crippen LogP contribution in [0.2, 0.25) is 0 Å². The molecule has 0 spiro atoms. The van der Waals surface area contributed by atoms with Crippen LogP contribution in [0, 0.1) is 0 Å². The standard InChI is InChI=1S/C13H15BrF3N3/c14-9-3-12(5-18-4-9)19-6-10-1-2-11(7-19)20(10)8-13(15,16)17/h3-5,10-11H,1-2,6-8H2. The second-order valence-electron chi connectivity index (χ2n) is 5.44. The highest BCUT2D eigenvalue weighted by atomic mass is 79.9. The molecule has 0 amide bonds. The molecule has 2 unspecified atom stereocenters.